The van der Waals surface area contributed by atoms with E-state index in [1.54, 1.807) is 0 Å². The molecule has 5 rings (SSSR count). The van der Waals surface area contributed by atoms with Crippen LogP contribution < -0.4 is 20.3 Å². The lowest BCUT2D eigenvalue weighted by atomic mass is 10.1. The lowest BCUT2D eigenvalue weighted by molar-refractivity contribution is -0.111. The third-order valence-electron chi connectivity index (χ3n) is 6.81. The third kappa shape index (κ3) is 5.65. The van der Waals surface area contributed by atoms with E-state index in [0.29, 0.717) is 11.4 Å². The minimum atomic E-state index is -0.675. The topological polar surface area (TPSA) is 121 Å². The molecule has 37 heavy (non-hydrogen) atoms. The van der Waals surface area contributed by atoms with E-state index in [-0.39, 0.29) is 42.1 Å². The molecule has 11 nitrogen and oxygen atoms in total. The second-order valence-corrected chi connectivity index (χ2v) is 9.55. The van der Waals surface area contributed by atoms with Crippen molar-refractivity contribution in [3.05, 3.63) is 42.1 Å². The molecule has 3 aliphatic heterocycles. The number of aliphatic hydroxyl groups is 1. The number of aromatic nitrogens is 2. The van der Waals surface area contributed by atoms with Gasteiger partial charge in [-0.25, -0.2) is 4.98 Å². The van der Waals surface area contributed by atoms with Gasteiger partial charge in [-0.2, -0.15) is 4.98 Å². The van der Waals surface area contributed by atoms with E-state index >= 15 is 0 Å². The quantitative estimate of drug-likeness (QED) is 0.437. The van der Waals surface area contributed by atoms with E-state index in [1.165, 1.54) is 12.3 Å². The van der Waals surface area contributed by atoms with Crippen LogP contribution in [-0.4, -0.2) is 96.2 Å². The predicted molar refractivity (Wildman–Crippen MR) is 140 cm³/mol. The molecule has 1 aromatic carbocycles. The summed E-state index contributed by atoms with van der Waals surface area (Å²) < 4.78 is 17.2. The number of nitrogens with one attached hydrogen (secondary N) is 2. The first-order valence-electron chi connectivity index (χ1n) is 12.4. The molecule has 0 radical (unpaired) electrons. The molecule has 2 aromatic rings. The standard InChI is InChI=1S/C25H31ClN6O5/c1-3-21(34)29-17-11-15(5-6-18(17)32-9-7-31(4-2)8-10-32)28-25-27-12-16(26)24(30-25)37-20-14-36-22-19(33)13-35-23(20)22/h3,5-6,11-12,19-20,22-23,33H,1,4,7-10,13-14H2,2H3,(H,29,34)(H,27,28,30)/t19-,20-,22-,23-/m1/s1. The van der Waals surface area contributed by atoms with Crippen molar-refractivity contribution in [2.75, 3.05) is 61.5 Å². The number of halogens is 1. The fourth-order valence-corrected chi connectivity index (χ4v) is 4.93. The van der Waals surface area contributed by atoms with Crippen LogP contribution in [0.25, 0.3) is 0 Å². The zero-order valence-corrected chi connectivity index (χ0v) is 21.4. The first-order chi connectivity index (χ1) is 17.9. The number of nitrogens with zero attached hydrogens (tertiary/aromatic N) is 4. The van der Waals surface area contributed by atoms with Gasteiger partial charge in [0.2, 0.25) is 17.7 Å². The Morgan fingerprint density at radius 2 is 2.05 bits per heavy atom. The minimum Gasteiger partial charge on any atom is -0.468 e. The van der Waals surface area contributed by atoms with Crippen LogP contribution in [0, 0.1) is 0 Å². The second-order valence-electron chi connectivity index (χ2n) is 9.14. The Morgan fingerprint density at radius 3 is 2.81 bits per heavy atom. The van der Waals surface area contributed by atoms with Crippen LogP contribution in [0.2, 0.25) is 5.02 Å². The number of rotatable bonds is 8. The van der Waals surface area contributed by atoms with Gasteiger partial charge in [0.15, 0.2) is 6.10 Å². The lowest BCUT2D eigenvalue weighted by Crippen LogP contribution is -2.46. The molecule has 1 amide bonds. The molecule has 0 bridgehead atoms. The van der Waals surface area contributed by atoms with Gasteiger partial charge in [-0.05, 0) is 30.8 Å². The number of ether oxygens (including phenoxy) is 3. The Bertz CT molecular complexity index is 1140. The summed E-state index contributed by atoms with van der Waals surface area (Å²) in [5.74, 6) is 0.164. The zero-order valence-electron chi connectivity index (χ0n) is 20.6. The predicted octanol–water partition coefficient (Wildman–Crippen LogP) is 2.05. The van der Waals surface area contributed by atoms with Crippen LogP contribution in [0.4, 0.5) is 23.0 Å². The molecule has 0 spiro atoms. The number of aliphatic hydroxyl groups excluding tert-OH is 1. The third-order valence-corrected chi connectivity index (χ3v) is 7.07. The average molecular weight is 531 g/mol. The molecule has 3 N–H and O–H groups in total. The highest BCUT2D eigenvalue weighted by Crippen LogP contribution is 2.34. The monoisotopic (exact) mass is 530 g/mol. The zero-order chi connectivity index (χ0) is 25.9. The molecule has 0 saturated carbocycles. The van der Waals surface area contributed by atoms with Gasteiger partial charge in [-0.3, -0.25) is 4.79 Å². The van der Waals surface area contributed by atoms with Gasteiger partial charge in [-0.1, -0.05) is 25.1 Å². The summed E-state index contributed by atoms with van der Waals surface area (Å²) in [5.41, 5.74) is 2.28. The van der Waals surface area contributed by atoms with E-state index in [1.807, 2.05) is 18.2 Å². The first kappa shape index (κ1) is 25.7. The van der Waals surface area contributed by atoms with Gasteiger partial charge in [0, 0.05) is 31.9 Å². The van der Waals surface area contributed by atoms with E-state index in [0.717, 1.165) is 38.4 Å². The molecule has 3 fully saturated rings. The van der Waals surface area contributed by atoms with E-state index in [4.69, 9.17) is 25.8 Å². The molecule has 3 saturated heterocycles. The van der Waals surface area contributed by atoms with Gasteiger partial charge in [-0.15, -0.1) is 0 Å². The Balaban J connectivity index is 1.33. The summed E-state index contributed by atoms with van der Waals surface area (Å²) in [5, 5.41) is 16.3. The number of fused-ring (bicyclic) bond motifs is 1. The fraction of sp³-hybridized carbons (Fsp3) is 0.480. The molecule has 1 aromatic heterocycles. The lowest BCUT2D eigenvalue weighted by Gasteiger charge is -2.36. The number of carbonyl (C=O) groups is 1. The number of carbonyl (C=O) groups excluding carboxylic acids is 1. The van der Waals surface area contributed by atoms with Crippen molar-refractivity contribution in [2.24, 2.45) is 0 Å². The van der Waals surface area contributed by atoms with Crippen LogP contribution in [0.1, 0.15) is 6.92 Å². The summed E-state index contributed by atoms with van der Waals surface area (Å²) in [6.07, 6.45) is 0.763. The normalized spacial score (nSPS) is 25.5. The number of hydrogen-bond donors (Lipinski definition) is 3. The summed E-state index contributed by atoms with van der Waals surface area (Å²) >= 11 is 6.30. The second kappa shape index (κ2) is 11.2. The Hall–Kier alpha value is -2.96. The van der Waals surface area contributed by atoms with Crippen LogP contribution >= 0.6 is 11.6 Å². The van der Waals surface area contributed by atoms with Crippen LogP contribution in [0.15, 0.2) is 37.1 Å². The molecular formula is C25H31ClN6O5. The number of likely N-dealkylation sites (N-methyl/N-ethyl adjacent to an activating group) is 1. The van der Waals surface area contributed by atoms with Crippen LogP contribution in [-0.2, 0) is 14.3 Å². The smallest absolute Gasteiger partial charge is 0.247 e. The number of amides is 1. The van der Waals surface area contributed by atoms with Crippen molar-refractivity contribution in [1.82, 2.24) is 14.9 Å². The van der Waals surface area contributed by atoms with E-state index in [2.05, 4.69) is 43.9 Å². The molecule has 0 unspecified atom stereocenters. The maximum absolute atomic E-state index is 12.2. The number of anilines is 4. The van der Waals surface area contributed by atoms with Gasteiger partial charge in [0.25, 0.3) is 0 Å². The number of piperazine rings is 1. The largest absolute Gasteiger partial charge is 0.468 e. The minimum absolute atomic E-state index is 0.184. The molecule has 3 aliphatic rings. The Labute approximate surface area is 220 Å². The van der Waals surface area contributed by atoms with Crippen molar-refractivity contribution in [3.63, 3.8) is 0 Å². The van der Waals surface area contributed by atoms with Crippen LogP contribution in [0.3, 0.4) is 0 Å². The van der Waals surface area contributed by atoms with Crippen molar-refractivity contribution in [1.29, 1.82) is 0 Å². The van der Waals surface area contributed by atoms with E-state index in [9.17, 15) is 9.90 Å². The molecule has 12 heteroatoms. The number of hydrogen-bond acceptors (Lipinski definition) is 10. The molecule has 4 heterocycles. The summed E-state index contributed by atoms with van der Waals surface area (Å²) in [4.78, 5) is 25.5. The van der Waals surface area contributed by atoms with Crippen molar-refractivity contribution >= 4 is 40.5 Å². The van der Waals surface area contributed by atoms with Crippen molar-refractivity contribution in [2.45, 2.75) is 31.3 Å². The van der Waals surface area contributed by atoms with Crippen molar-refractivity contribution in [3.8, 4) is 5.88 Å². The Morgan fingerprint density at radius 1 is 1.27 bits per heavy atom. The molecule has 198 valence electrons. The molecule has 0 aliphatic carbocycles. The maximum Gasteiger partial charge on any atom is 0.247 e. The van der Waals surface area contributed by atoms with E-state index < -0.39 is 18.3 Å². The van der Waals surface area contributed by atoms with Gasteiger partial charge in [0.05, 0.1) is 30.8 Å². The SMILES string of the molecule is C=CC(=O)Nc1cc(Nc2ncc(Cl)c(O[C@@H]3CO[C@H]4[C@@H]3OC[C@H]4O)n2)ccc1N1CCN(CC)CC1. The summed E-state index contributed by atoms with van der Waals surface area (Å²) in [6, 6.07) is 5.71. The highest BCUT2D eigenvalue weighted by atomic mass is 35.5. The van der Waals surface area contributed by atoms with Crippen molar-refractivity contribution < 1.29 is 24.1 Å². The van der Waals surface area contributed by atoms with Gasteiger partial charge >= 0.3 is 0 Å². The number of benzene rings is 1. The average Bonchev–Trinajstić information content (AvgIpc) is 3.49. The molecular weight excluding hydrogens is 500 g/mol. The maximum atomic E-state index is 12.2. The molecule has 4 atom stereocenters. The van der Waals surface area contributed by atoms with Gasteiger partial charge in [0.1, 0.15) is 23.3 Å². The Kier molecular flexibility index (Phi) is 7.77. The first-order valence-corrected chi connectivity index (χ1v) is 12.7. The highest BCUT2D eigenvalue weighted by molar-refractivity contribution is 6.31. The van der Waals surface area contributed by atoms with Crippen LogP contribution in [0.5, 0.6) is 5.88 Å². The summed E-state index contributed by atoms with van der Waals surface area (Å²) in [7, 11) is 0. The highest BCUT2D eigenvalue weighted by Gasteiger charge is 2.48. The fourth-order valence-electron chi connectivity index (χ4n) is 4.79. The van der Waals surface area contributed by atoms with Gasteiger partial charge < -0.3 is 39.8 Å². The summed E-state index contributed by atoms with van der Waals surface area (Å²) in [6.45, 7) is 10.9.